The highest BCUT2D eigenvalue weighted by Gasteiger charge is 2.46. The molecule has 0 saturated heterocycles. The highest BCUT2D eigenvalue weighted by molar-refractivity contribution is 6.29. The van der Waals surface area contributed by atoms with Gasteiger partial charge in [0.25, 0.3) is 0 Å². The number of carbonyl (C=O) groups is 3. The lowest BCUT2D eigenvalue weighted by Crippen LogP contribution is -2.61. The highest BCUT2D eigenvalue weighted by Crippen LogP contribution is 2.21. The average molecular weight is 861 g/mol. The van der Waals surface area contributed by atoms with Crippen LogP contribution < -0.4 is 5.73 Å². The zero-order valence-electron chi connectivity index (χ0n) is 40.4. The van der Waals surface area contributed by atoms with Gasteiger partial charge >= 0.3 is 0 Å². The molecule has 0 amide bonds. The minimum Gasteiger partial charge on any atom is -0.307 e. The molecule has 0 aliphatic rings. The number of Topliss-reactive ketones (excluding diaryl/α,β-unsaturated/α-hetero) is 3. The number of carbonyl (C=O) groups excluding carboxylic acids is 3. The van der Waals surface area contributed by atoms with Gasteiger partial charge in [0.2, 0.25) is 0 Å². The molecule has 352 valence electrons. The van der Waals surface area contributed by atoms with Crippen LogP contribution in [-0.4, -0.2) is 22.9 Å². The molecule has 0 saturated carbocycles. The standard InChI is InChI=1S/C55H101NO3.ClH/c1-4-7-10-13-16-19-22-25-28-31-34-37-40-43-46-49-52(57)55(56,53(58)50-47-44-41-38-35-32-29-26-23-20-17-14-11-8-5-2)54(59)51-48-45-42-39-36-33-30-27-24-21-18-15-12-9-6-3;/h25-30H,4-24,31-51,56H2,1-3H3;1H. The predicted molar refractivity (Wildman–Crippen MR) is 268 cm³/mol. The third kappa shape index (κ3) is 38.2. The summed E-state index contributed by atoms with van der Waals surface area (Å²) in [6, 6.07) is 0. The van der Waals surface area contributed by atoms with Gasteiger partial charge in [-0.15, -0.1) is 12.4 Å². The lowest BCUT2D eigenvalue weighted by molar-refractivity contribution is -0.142. The summed E-state index contributed by atoms with van der Waals surface area (Å²) in [5.41, 5.74) is 4.68. The molecule has 0 bridgehead atoms. The second-order valence-corrected chi connectivity index (χ2v) is 18.1. The first-order valence-electron chi connectivity index (χ1n) is 26.3. The summed E-state index contributed by atoms with van der Waals surface area (Å²) in [5, 5.41) is 0. The van der Waals surface area contributed by atoms with Crippen molar-refractivity contribution in [1.82, 2.24) is 0 Å². The molecule has 2 N–H and O–H groups in total. The number of nitrogens with two attached hydrogens (primary N) is 1. The number of ketones is 3. The van der Waals surface area contributed by atoms with Gasteiger partial charge in [0, 0.05) is 19.3 Å². The molecule has 0 radical (unpaired) electrons. The first-order valence-corrected chi connectivity index (χ1v) is 26.3. The molecule has 0 atom stereocenters. The Balaban J connectivity index is 0. The van der Waals surface area contributed by atoms with E-state index in [2.05, 4.69) is 57.2 Å². The largest absolute Gasteiger partial charge is 0.307 e. The van der Waals surface area contributed by atoms with Crippen LogP contribution in [-0.2, 0) is 14.4 Å². The maximum absolute atomic E-state index is 13.6. The van der Waals surface area contributed by atoms with E-state index in [1.807, 2.05) is 0 Å². The molecule has 0 rings (SSSR count). The monoisotopic (exact) mass is 860 g/mol. The highest BCUT2D eigenvalue weighted by atomic mass is 35.5. The summed E-state index contributed by atoms with van der Waals surface area (Å²) >= 11 is 0. The molecule has 0 aromatic heterocycles. The van der Waals surface area contributed by atoms with Gasteiger partial charge in [-0.05, 0) is 96.3 Å². The lowest BCUT2D eigenvalue weighted by atomic mass is 9.79. The fourth-order valence-electron chi connectivity index (χ4n) is 8.13. The van der Waals surface area contributed by atoms with E-state index in [9.17, 15) is 14.4 Å². The molecular weight excluding hydrogens is 758 g/mol. The van der Waals surface area contributed by atoms with Gasteiger partial charge in [-0.3, -0.25) is 14.4 Å². The molecule has 0 aliphatic heterocycles. The molecule has 0 spiro atoms. The van der Waals surface area contributed by atoms with E-state index in [4.69, 9.17) is 5.73 Å². The SMILES string of the molecule is CCCCCCCCC=CCCCCCCCC(=O)C(N)(C(=O)CCCCCCCC=CCCCCCCCC)C(=O)CCCCCCCC=CCCCCCCCC.Cl. The van der Waals surface area contributed by atoms with Crippen LogP contribution in [0.1, 0.15) is 290 Å². The van der Waals surface area contributed by atoms with Crippen LogP contribution >= 0.6 is 12.4 Å². The Kier molecular flexibility index (Phi) is 49.0. The Labute approximate surface area is 380 Å². The summed E-state index contributed by atoms with van der Waals surface area (Å²) in [7, 11) is 0. The molecule has 4 nitrogen and oxygen atoms in total. The van der Waals surface area contributed by atoms with E-state index in [1.54, 1.807) is 0 Å². The van der Waals surface area contributed by atoms with Gasteiger partial charge in [-0.2, -0.15) is 0 Å². The summed E-state index contributed by atoms with van der Waals surface area (Å²) in [4.78, 5) is 40.8. The van der Waals surface area contributed by atoms with E-state index in [0.29, 0.717) is 19.3 Å². The molecule has 0 heterocycles. The lowest BCUT2D eigenvalue weighted by Gasteiger charge is -2.25. The first-order chi connectivity index (χ1) is 28.9. The van der Waals surface area contributed by atoms with Gasteiger partial charge in [-0.25, -0.2) is 0 Å². The minimum atomic E-state index is -1.96. The van der Waals surface area contributed by atoms with Crippen LogP contribution in [0.15, 0.2) is 36.5 Å². The van der Waals surface area contributed by atoms with Crippen molar-refractivity contribution >= 4 is 29.8 Å². The van der Waals surface area contributed by atoms with Crippen LogP contribution in [0.5, 0.6) is 0 Å². The third-order valence-electron chi connectivity index (χ3n) is 12.3. The van der Waals surface area contributed by atoms with Crippen molar-refractivity contribution in [3.05, 3.63) is 36.5 Å². The fraction of sp³-hybridized carbons (Fsp3) is 0.836. The van der Waals surface area contributed by atoms with Gasteiger partial charge in [0.15, 0.2) is 22.9 Å². The third-order valence-corrected chi connectivity index (χ3v) is 12.3. The average Bonchev–Trinajstić information content (AvgIpc) is 3.24. The maximum Gasteiger partial charge on any atom is 0.193 e. The van der Waals surface area contributed by atoms with E-state index < -0.39 is 5.54 Å². The van der Waals surface area contributed by atoms with Crippen LogP contribution in [0.25, 0.3) is 0 Å². The molecule has 0 fully saturated rings. The summed E-state index contributed by atoms with van der Waals surface area (Å²) in [6.07, 6.45) is 61.0. The van der Waals surface area contributed by atoms with Gasteiger partial charge in [0.1, 0.15) is 0 Å². The second-order valence-electron chi connectivity index (χ2n) is 18.1. The second kappa shape index (κ2) is 48.5. The Bertz CT molecular complexity index is 906. The molecule has 0 aromatic rings. The van der Waals surface area contributed by atoms with Gasteiger partial charge < -0.3 is 5.73 Å². The van der Waals surface area contributed by atoms with Crippen molar-refractivity contribution in [3.63, 3.8) is 0 Å². The number of hydrogen-bond donors (Lipinski definition) is 1. The Morgan fingerprint density at radius 2 is 0.467 bits per heavy atom. The van der Waals surface area contributed by atoms with Gasteiger partial charge in [-0.1, -0.05) is 211 Å². The van der Waals surface area contributed by atoms with Crippen LogP contribution in [0.2, 0.25) is 0 Å². The molecule has 5 heteroatoms. The topological polar surface area (TPSA) is 77.2 Å². The molecular formula is C55H102ClNO3. The zero-order chi connectivity index (χ0) is 43.2. The zero-order valence-corrected chi connectivity index (χ0v) is 41.2. The van der Waals surface area contributed by atoms with E-state index in [0.717, 1.165) is 77.0 Å². The fourth-order valence-corrected chi connectivity index (χ4v) is 8.13. The Morgan fingerprint density at radius 1 is 0.300 bits per heavy atom. The summed E-state index contributed by atoms with van der Waals surface area (Å²) < 4.78 is 0. The number of rotatable bonds is 48. The van der Waals surface area contributed by atoms with Crippen LogP contribution in [0.4, 0.5) is 0 Å². The quantitative estimate of drug-likeness (QED) is 0.0376. The van der Waals surface area contributed by atoms with Crippen LogP contribution in [0, 0.1) is 0 Å². The molecule has 0 unspecified atom stereocenters. The van der Waals surface area contributed by atoms with E-state index in [-0.39, 0.29) is 49.0 Å². The summed E-state index contributed by atoms with van der Waals surface area (Å²) in [6.45, 7) is 6.79. The van der Waals surface area contributed by atoms with Crippen molar-refractivity contribution in [2.24, 2.45) is 5.73 Å². The van der Waals surface area contributed by atoms with E-state index in [1.165, 1.54) is 154 Å². The number of hydrogen-bond acceptors (Lipinski definition) is 4. The van der Waals surface area contributed by atoms with Gasteiger partial charge in [0.05, 0.1) is 0 Å². The van der Waals surface area contributed by atoms with Crippen LogP contribution in [0.3, 0.4) is 0 Å². The number of halogens is 1. The van der Waals surface area contributed by atoms with Crippen molar-refractivity contribution in [2.75, 3.05) is 0 Å². The Hall–Kier alpha value is -1.52. The first kappa shape index (κ1) is 60.6. The number of allylic oxidation sites excluding steroid dienone is 6. The van der Waals surface area contributed by atoms with Crippen molar-refractivity contribution < 1.29 is 14.4 Å². The Morgan fingerprint density at radius 3 is 0.667 bits per heavy atom. The maximum atomic E-state index is 13.6. The minimum absolute atomic E-state index is 0. The molecule has 0 aromatic carbocycles. The van der Waals surface area contributed by atoms with Crippen molar-refractivity contribution in [3.8, 4) is 0 Å². The predicted octanol–water partition coefficient (Wildman–Crippen LogP) is 17.9. The summed E-state index contributed by atoms with van der Waals surface area (Å²) in [5.74, 6) is -1.03. The van der Waals surface area contributed by atoms with E-state index >= 15 is 0 Å². The normalized spacial score (nSPS) is 12.8. The van der Waals surface area contributed by atoms with Crippen molar-refractivity contribution in [2.45, 2.75) is 296 Å². The van der Waals surface area contributed by atoms with Crippen molar-refractivity contribution in [1.29, 1.82) is 0 Å². The smallest absolute Gasteiger partial charge is 0.193 e. The molecule has 60 heavy (non-hydrogen) atoms. The number of unbranched alkanes of at least 4 members (excludes halogenated alkanes) is 33. The molecule has 0 aliphatic carbocycles.